The first-order valence-electron chi connectivity index (χ1n) is 7.86. The number of sulfonamides is 1. The average Bonchev–Trinajstić information content (AvgIpc) is 3.04. The topological polar surface area (TPSA) is 102 Å². The van der Waals surface area contributed by atoms with Crippen LogP contribution in [0.15, 0.2) is 52.7 Å². The Morgan fingerprint density at radius 1 is 1.22 bits per heavy atom. The van der Waals surface area contributed by atoms with E-state index in [9.17, 15) is 17.6 Å². The summed E-state index contributed by atoms with van der Waals surface area (Å²) in [6.45, 7) is 1.62. The van der Waals surface area contributed by atoms with E-state index in [0.29, 0.717) is 22.0 Å². The van der Waals surface area contributed by atoms with E-state index in [-0.39, 0.29) is 23.0 Å². The molecule has 0 aliphatic rings. The molecule has 0 fully saturated rings. The van der Waals surface area contributed by atoms with Gasteiger partial charge in [-0.05, 0) is 48.9 Å². The maximum Gasteiger partial charge on any atom is 0.238 e. The van der Waals surface area contributed by atoms with Gasteiger partial charge in [-0.15, -0.1) is 11.3 Å². The number of aromatic nitrogens is 1. The number of thiazole rings is 1. The number of amides is 1. The predicted molar refractivity (Wildman–Crippen MR) is 102 cm³/mol. The van der Waals surface area contributed by atoms with Crippen molar-refractivity contribution in [3.8, 4) is 10.6 Å². The van der Waals surface area contributed by atoms with Crippen LogP contribution in [-0.4, -0.2) is 19.3 Å². The summed E-state index contributed by atoms with van der Waals surface area (Å²) in [6, 6.07) is 10.5. The number of carbonyl (C=O) groups is 1. The molecule has 3 aromatic rings. The van der Waals surface area contributed by atoms with Gasteiger partial charge in [0, 0.05) is 16.6 Å². The maximum atomic E-state index is 13.0. The number of benzene rings is 2. The van der Waals surface area contributed by atoms with Gasteiger partial charge in [-0.3, -0.25) is 4.79 Å². The molecule has 9 heteroatoms. The summed E-state index contributed by atoms with van der Waals surface area (Å²) in [4.78, 5) is 16.6. The molecule has 0 spiro atoms. The van der Waals surface area contributed by atoms with Crippen LogP contribution < -0.4 is 10.5 Å². The highest BCUT2D eigenvalue weighted by atomic mass is 32.2. The van der Waals surface area contributed by atoms with Crippen LogP contribution in [0.2, 0.25) is 0 Å². The summed E-state index contributed by atoms with van der Waals surface area (Å²) in [5.74, 6) is -0.665. The number of nitrogens with zero attached hydrogens (tertiary/aromatic N) is 1. The highest BCUT2D eigenvalue weighted by Crippen LogP contribution is 2.24. The molecule has 0 saturated carbocycles. The summed E-state index contributed by atoms with van der Waals surface area (Å²) < 4.78 is 36.1. The van der Waals surface area contributed by atoms with E-state index >= 15 is 0 Å². The summed E-state index contributed by atoms with van der Waals surface area (Å²) in [5, 5.41) is 10.3. The van der Waals surface area contributed by atoms with Gasteiger partial charge in [0.25, 0.3) is 0 Å². The van der Waals surface area contributed by atoms with Crippen LogP contribution in [0.25, 0.3) is 10.6 Å². The van der Waals surface area contributed by atoms with Gasteiger partial charge in [-0.25, -0.2) is 22.9 Å². The number of nitrogens with two attached hydrogens (primary N) is 1. The van der Waals surface area contributed by atoms with Gasteiger partial charge in [-0.2, -0.15) is 0 Å². The minimum atomic E-state index is -3.87. The third kappa shape index (κ3) is 4.76. The first-order valence-corrected chi connectivity index (χ1v) is 10.3. The number of hydrogen-bond donors (Lipinski definition) is 2. The Kier molecular flexibility index (Phi) is 5.36. The Morgan fingerprint density at radius 2 is 1.93 bits per heavy atom. The van der Waals surface area contributed by atoms with Gasteiger partial charge in [0.05, 0.1) is 17.0 Å². The molecule has 140 valence electrons. The Balaban J connectivity index is 1.71. The van der Waals surface area contributed by atoms with Gasteiger partial charge >= 0.3 is 0 Å². The zero-order valence-electron chi connectivity index (χ0n) is 14.3. The van der Waals surface area contributed by atoms with Crippen LogP contribution in [0.3, 0.4) is 0 Å². The molecule has 1 aromatic heterocycles. The fraction of sp³-hybridized carbons (Fsp3) is 0.111. The van der Waals surface area contributed by atoms with Gasteiger partial charge < -0.3 is 5.32 Å². The smallest absolute Gasteiger partial charge is 0.238 e. The molecule has 0 saturated heterocycles. The van der Waals surface area contributed by atoms with Crippen LogP contribution in [0.5, 0.6) is 0 Å². The lowest BCUT2D eigenvalue weighted by Crippen LogP contribution is -2.17. The van der Waals surface area contributed by atoms with Crippen molar-refractivity contribution in [2.75, 3.05) is 5.32 Å². The lowest BCUT2D eigenvalue weighted by molar-refractivity contribution is -0.115. The summed E-state index contributed by atoms with van der Waals surface area (Å²) in [5.41, 5.74) is 2.17. The second-order valence-corrected chi connectivity index (χ2v) is 8.29. The fourth-order valence-electron chi connectivity index (χ4n) is 2.47. The van der Waals surface area contributed by atoms with Crippen LogP contribution in [0, 0.1) is 12.7 Å². The number of primary sulfonamides is 1. The van der Waals surface area contributed by atoms with E-state index in [4.69, 9.17) is 5.14 Å². The monoisotopic (exact) mass is 405 g/mol. The maximum absolute atomic E-state index is 13.0. The van der Waals surface area contributed by atoms with E-state index in [1.54, 1.807) is 36.6 Å². The first kappa shape index (κ1) is 19.2. The molecule has 0 bridgehead atoms. The Morgan fingerprint density at radius 3 is 2.59 bits per heavy atom. The SMILES string of the molecule is Cc1ccc(NC(=O)Cc2csc(-c3ccc(F)cc3)n2)cc1S(N)(=O)=O. The summed E-state index contributed by atoms with van der Waals surface area (Å²) in [7, 11) is -3.87. The lowest BCUT2D eigenvalue weighted by atomic mass is 10.2. The van der Waals surface area contributed by atoms with Crippen LogP contribution in [0.4, 0.5) is 10.1 Å². The normalized spacial score (nSPS) is 11.4. The molecule has 3 rings (SSSR count). The van der Waals surface area contributed by atoms with Gasteiger partial charge in [0.1, 0.15) is 10.8 Å². The molecule has 0 unspecified atom stereocenters. The number of rotatable bonds is 5. The molecule has 3 N–H and O–H groups in total. The van der Waals surface area contributed by atoms with E-state index in [1.807, 2.05) is 0 Å². The number of anilines is 1. The number of carbonyl (C=O) groups excluding carboxylic acids is 1. The van der Waals surface area contributed by atoms with Crippen molar-refractivity contribution in [1.82, 2.24) is 4.98 Å². The Hall–Kier alpha value is -2.62. The van der Waals surface area contributed by atoms with E-state index in [2.05, 4.69) is 10.3 Å². The van der Waals surface area contributed by atoms with Crippen molar-refractivity contribution in [2.45, 2.75) is 18.2 Å². The molecule has 1 heterocycles. The van der Waals surface area contributed by atoms with Crippen molar-refractivity contribution < 1.29 is 17.6 Å². The van der Waals surface area contributed by atoms with Gasteiger partial charge in [-0.1, -0.05) is 6.07 Å². The fourth-order valence-corrected chi connectivity index (χ4v) is 4.10. The molecular formula is C18H16FN3O3S2. The highest BCUT2D eigenvalue weighted by molar-refractivity contribution is 7.89. The minimum absolute atomic E-state index is 0.0241. The molecule has 27 heavy (non-hydrogen) atoms. The molecule has 1 amide bonds. The van der Waals surface area contributed by atoms with E-state index < -0.39 is 10.0 Å². The molecule has 6 nitrogen and oxygen atoms in total. The first-order chi connectivity index (χ1) is 12.7. The van der Waals surface area contributed by atoms with Crippen LogP contribution in [-0.2, 0) is 21.2 Å². The van der Waals surface area contributed by atoms with E-state index in [1.165, 1.54) is 29.5 Å². The van der Waals surface area contributed by atoms with Gasteiger partial charge in [0.2, 0.25) is 15.9 Å². The number of hydrogen-bond acceptors (Lipinski definition) is 5. The number of nitrogens with one attached hydrogen (secondary N) is 1. The van der Waals surface area contributed by atoms with E-state index in [0.717, 1.165) is 5.56 Å². The minimum Gasteiger partial charge on any atom is -0.326 e. The largest absolute Gasteiger partial charge is 0.326 e. The lowest BCUT2D eigenvalue weighted by Gasteiger charge is -2.08. The highest BCUT2D eigenvalue weighted by Gasteiger charge is 2.14. The second kappa shape index (κ2) is 7.55. The summed E-state index contributed by atoms with van der Waals surface area (Å²) >= 11 is 1.36. The standard InChI is InChI=1S/C18H16FN3O3S2/c1-11-2-7-14(8-16(11)27(20,24)25)21-17(23)9-15-10-26-18(22-15)12-3-5-13(19)6-4-12/h2-8,10H,9H2,1H3,(H,21,23)(H2,20,24,25). The van der Waals surface area contributed by atoms with Crippen molar-refractivity contribution in [3.63, 3.8) is 0 Å². The van der Waals surface area contributed by atoms with Crippen LogP contribution >= 0.6 is 11.3 Å². The van der Waals surface area contributed by atoms with Crippen molar-refractivity contribution in [1.29, 1.82) is 0 Å². The number of aryl methyl sites for hydroxylation is 1. The Labute approximate surface area is 159 Å². The zero-order chi connectivity index (χ0) is 19.6. The van der Waals surface area contributed by atoms with Crippen LogP contribution in [0.1, 0.15) is 11.3 Å². The third-order valence-electron chi connectivity index (χ3n) is 3.76. The predicted octanol–water partition coefficient (Wildman–Crippen LogP) is 3.09. The van der Waals surface area contributed by atoms with Crippen molar-refractivity contribution in [2.24, 2.45) is 5.14 Å². The van der Waals surface area contributed by atoms with Gasteiger partial charge in [0.15, 0.2) is 0 Å². The number of halogens is 1. The summed E-state index contributed by atoms with van der Waals surface area (Å²) in [6.07, 6.45) is 0.0241. The van der Waals surface area contributed by atoms with Crippen molar-refractivity contribution >= 4 is 33.0 Å². The molecule has 2 aromatic carbocycles. The molecule has 0 radical (unpaired) electrons. The Bertz CT molecular complexity index is 1090. The third-order valence-corrected chi connectivity index (χ3v) is 5.76. The molecular weight excluding hydrogens is 389 g/mol. The quantitative estimate of drug-likeness (QED) is 0.681. The molecule has 0 aliphatic carbocycles. The second-order valence-electron chi connectivity index (χ2n) is 5.90. The molecule has 0 aliphatic heterocycles. The zero-order valence-corrected chi connectivity index (χ0v) is 15.9. The molecule has 0 atom stereocenters. The van der Waals surface area contributed by atoms with Crippen molar-refractivity contribution in [3.05, 3.63) is 64.9 Å². The average molecular weight is 405 g/mol.